The van der Waals surface area contributed by atoms with Gasteiger partial charge in [-0.2, -0.15) is 0 Å². The minimum atomic E-state index is -0.694. The second-order valence-corrected chi connectivity index (χ2v) is 8.09. The molecule has 2 aromatic rings. The van der Waals surface area contributed by atoms with Crippen LogP contribution in [0, 0.1) is 5.92 Å². The van der Waals surface area contributed by atoms with Crippen molar-refractivity contribution in [3.63, 3.8) is 0 Å². The lowest BCUT2D eigenvalue weighted by Crippen LogP contribution is -2.63. The molecule has 1 heterocycles. The molecule has 0 amide bonds. The monoisotopic (exact) mass is 427 g/mol. The van der Waals surface area contributed by atoms with E-state index in [4.69, 9.17) is 15.5 Å². The van der Waals surface area contributed by atoms with Gasteiger partial charge in [-0.25, -0.2) is 0 Å². The molecule has 3 unspecified atom stereocenters. The van der Waals surface area contributed by atoms with Crippen LogP contribution in [0.1, 0.15) is 30.4 Å². The summed E-state index contributed by atoms with van der Waals surface area (Å²) in [7, 11) is 0. The van der Waals surface area contributed by atoms with Gasteiger partial charge in [0.25, 0.3) is 0 Å². The molecule has 0 bridgehead atoms. The number of aliphatic imine (C=N–C) groups is 1. The van der Waals surface area contributed by atoms with Gasteiger partial charge in [-0.1, -0.05) is 64.5 Å². The van der Waals surface area contributed by atoms with E-state index in [-0.39, 0.29) is 12.0 Å². The fraction of sp³-hybridized carbons (Fsp3) is 0.409. The van der Waals surface area contributed by atoms with Crippen LogP contribution in [0.3, 0.4) is 0 Å². The topological polar surface area (TPSA) is 59.6 Å². The molecule has 1 fully saturated rings. The summed E-state index contributed by atoms with van der Waals surface area (Å²) < 4.78 is 6.22. The lowest BCUT2D eigenvalue weighted by Gasteiger charge is -2.48. The quantitative estimate of drug-likeness (QED) is 0.534. The highest BCUT2D eigenvalue weighted by Gasteiger charge is 2.49. The molecule has 0 spiro atoms. The zero-order valence-electron chi connectivity index (χ0n) is 15.4. The van der Waals surface area contributed by atoms with Gasteiger partial charge in [0.15, 0.2) is 0 Å². The van der Waals surface area contributed by atoms with Gasteiger partial charge in [0.05, 0.1) is 24.3 Å². The first-order chi connectivity index (χ1) is 13.2. The molecule has 1 aliphatic carbocycles. The van der Waals surface area contributed by atoms with E-state index < -0.39 is 5.66 Å². The van der Waals surface area contributed by atoms with Crippen LogP contribution >= 0.6 is 15.9 Å². The Bertz CT molecular complexity index is 810. The Balaban J connectivity index is 1.71. The largest absolute Gasteiger partial charge is 0.377 e. The molecule has 142 valence electrons. The average Bonchev–Trinajstić information content (AvgIpc) is 2.71. The zero-order chi connectivity index (χ0) is 18.7. The van der Waals surface area contributed by atoms with E-state index in [1.807, 2.05) is 18.2 Å². The fourth-order valence-electron chi connectivity index (χ4n) is 4.37. The Morgan fingerprint density at radius 3 is 2.74 bits per heavy atom. The van der Waals surface area contributed by atoms with Crippen molar-refractivity contribution in [2.24, 2.45) is 16.6 Å². The number of halogens is 1. The fourth-order valence-corrected chi connectivity index (χ4v) is 4.56. The number of hydrogen-bond donors (Lipinski definition) is 2. The molecule has 3 atom stereocenters. The van der Waals surface area contributed by atoms with Crippen LogP contribution in [-0.2, 0) is 16.9 Å². The summed E-state index contributed by atoms with van der Waals surface area (Å²) in [4.78, 5) is 4.98. The highest BCUT2D eigenvalue weighted by molar-refractivity contribution is 9.09. The first-order valence-electron chi connectivity index (χ1n) is 9.65. The summed E-state index contributed by atoms with van der Waals surface area (Å²) in [5, 5.41) is 4.51. The Morgan fingerprint density at radius 2 is 1.93 bits per heavy atom. The van der Waals surface area contributed by atoms with E-state index in [1.165, 1.54) is 11.3 Å². The van der Waals surface area contributed by atoms with Crippen LogP contribution in [0.15, 0.2) is 59.6 Å². The molecule has 2 aromatic carbocycles. The Labute approximate surface area is 169 Å². The van der Waals surface area contributed by atoms with Gasteiger partial charge in [0, 0.05) is 23.1 Å². The molecular weight excluding hydrogens is 402 g/mol. The molecule has 4 nitrogen and oxygen atoms in total. The molecule has 0 radical (unpaired) electrons. The van der Waals surface area contributed by atoms with Crippen LogP contribution in [0.4, 0.5) is 5.69 Å². The second-order valence-electron chi connectivity index (χ2n) is 7.30. The summed E-state index contributed by atoms with van der Waals surface area (Å²) in [6, 6.07) is 18.6. The van der Waals surface area contributed by atoms with Gasteiger partial charge >= 0.3 is 0 Å². The molecule has 2 aliphatic rings. The van der Waals surface area contributed by atoms with Crippen molar-refractivity contribution in [2.75, 3.05) is 11.9 Å². The Hall–Kier alpha value is -1.53. The lowest BCUT2D eigenvalue weighted by molar-refractivity contribution is -0.00448. The van der Waals surface area contributed by atoms with Crippen molar-refractivity contribution >= 4 is 27.3 Å². The van der Waals surface area contributed by atoms with Gasteiger partial charge < -0.3 is 10.5 Å². The maximum absolute atomic E-state index is 7.15. The summed E-state index contributed by atoms with van der Waals surface area (Å²) in [5.41, 5.74) is 10.9. The highest BCUT2D eigenvalue weighted by atomic mass is 79.9. The standard InChI is InChI=1S/C22H26BrN3O/c23-13-14-27-20-12-6-11-19-21(20)22(24,17-9-4-5-10-18(17)26-19)25-15-16-7-2-1-3-8-16/h1-5,7-10,20-21,25H,6,11-15,24H2. The molecule has 1 aliphatic heterocycles. The minimum absolute atomic E-state index is 0.0453. The van der Waals surface area contributed by atoms with Gasteiger partial charge in [-0.05, 0) is 30.9 Å². The molecule has 4 rings (SSSR count). The zero-order valence-corrected chi connectivity index (χ0v) is 17.0. The maximum Gasteiger partial charge on any atom is 0.106 e. The first kappa shape index (κ1) is 18.8. The number of ether oxygens (including phenoxy) is 1. The Kier molecular flexibility index (Phi) is 5.74. The summed E-state index contributed by atoms with van der Waals surface area (Å²) in [5.74, 6) is 0.0453. The van der Waals surface area contributed by atoms with Gasteiger partial charge in [-0.15, -0.1) is 0 Å². The van der Waals surface area contributed by atoms with Crippen molar-refractivity contribution in [1.29, 1.82) is 0 Å². The van der Waals surface area contributed by atoms with Crippen molar-refractivity contribution in [1.82, 2.24) is 5.32 Å². The normalized spacial score (nSPS) is 26.8. The molecule has 0 aromatic heterocycles. The number of nitrogens with zero attached hydrogens (tertiary/aromatic N) is 1. The number of nitrogens with two attached hydrogens (primary N) is 1. The summed E-state index contributed by atoms with van der Waals surface area (Å²) in [6.45, 7) is 1.39. The second kappa shape index (κ2) is 8.23. The smallest absolute Gasteiger partial charge is 0.106 e. The van der Waals surface area contributed by atoms with E-state index in [2.05, 4.69) is 57.6 Å². The van der Waals surface area contributed by atoms with E-state index in [0.717, 1.165) is 35.8 Å². The number of hydrogen-bond acceptors (Lipinski definition) is 4. The third-order valence-electron chi connectivity index (χ3n) is 5.59. The molecule has 1 saturated carbocycles. The van der Waals surface area contributed by atoms with E-state index in [1.54, 1.807) is 0 Å². The molecule has 0 saturated heterocycles. The Morgan fingerprint density at radius 1 is 1.15 bits per heavy atom. The first-order valence-corrected chi connectivity index (χ1v) is 10.8. The molecular formula is C22H26BrN3O. The highest BCUT2D eigenvalue weighted by Crippen LogP contribution is 2.44. The van der Waals surface area contributed by atoms with Crippen LogP contribution < -0.4 is 11.1 Å². The van der Waals surface area contributed by atoms with Crippen LogP contribution in [0.2, 0.25) is 0 Å². The number of nitrogens with one attached hydrogen (secondary N) is 1. The minimum Gasteiger partial charge on any atom is -0.377 e. The van der Waals surface area contributed by atoms with E-state index >= 15 is 0 Å². The summed E-state index contributed by atoms with van der Waals surface area (Å²) >= 11 is 3.48. The van der Waals surface area contributed by atoms with E-state index in [0.29, 0.717) is 13.2 Å². The predicted molar refractivity (Wildman–Crippen MR) is 114 cm³/mol. The SMILES string of the molecule is NC1(NCc2ccccc2)c2ccccc2N=C2CCCC(OCCBr)C21. The summed E-state index contributed by atoms with van der Waals surface area (Å²) in [6.07, 6.45) is 3.18. The van der Waals surface area contributed by atoms with Crippen LogP contribution in [0.25, 0.3) is 0 Å². The van der Waals surface area contributed by atoms with Crippen molar-refractivity contribution < 1.29 is 4.74 Å². The van der Waals surface area contributed by atoms with Gasteiger partial charge in [0.2, 0.25) is 0 Å². The van der Waals surface area contributed by atoms with Crippen LogP contribution in [0.5, 0.6) is 0 Å². The van der Waals surface area contributed by atoms with E-state index in [9.17, 15) is 0 Å². The van der Waals surface area contributed by atoms with Gasteiger partial charge in [-0.3, -0.25) is 10.3 Å². The number of alkyl halides is 1. The lowest BCUT2D eigenvalue weighted by atomic mass is 9.71. The van der Waals surface area contributed by atoms with Crippen molar-refractivity contribution in [3.8, 4) is 0 Å². The number of para-hydroxylation sites is 1. The number of benzene rings is 2. The van der Waals surface area contributed by atoms with Crippen molar-refractivity contribution in [3.05, 3.63) is 65.7 Å². The number of fused-ring (bicyclic) bond motifs is 2. The van der Waals surface area contributed by atoms with Gasteiger partial charge in [0.1, 0.15) is 5.66 Å². The molecule has 27 heavy (non-hydrogen) atoms. The molecule has 5 heteroatoms. The predicted octanol–water partition coefficient (Wildman–Crippen LogP) is 4.25. The third-order valence-corrected chi connectivity index (χ3v) is 5.92. The average molecular weight is 428 g/mol. The van der Waals surface area contributed by atoms with Crippen LogP contribution in [-0.4, -0.2) is 23.8 Å². The van der Waals surface area contributed by atoms with Crippen molar-refractivity contribution in [2.45, 2.75) is 37.6 Å². The maximum atomic E-state index is 7.15. The molecule has 3 N–H and O–H groups in total. The number of rotatable bonds is 6. The third kappa shape index (κ3) is 3.74.